The van der Waals surface area contributed by atoms with Crippen LogP contribution in [0.3, 0.4) is 0 Å². The summed E-state index contributed by atoms with van der Waals surface area (Å²) in [5, 5.41) is 0. The molecule has 2 aliphatic heterocycles. The average Bonchev–Trinajstić information content (AvgIpc) is 3.15. The fourth-order valence-corrected chi connectivity index (χ4v) is 7.01. The van der Waals surface area contributed by atoms with E-state index < -0.39 is 5.92 Å². The number of benzene rings is 2. The first-order valence-electron chi connectivity index (χ1n) is 12.1. The van der Waals surface area contributed by atoms with Gasteiger partial charge in [-0.2, -0.15) is 0 Å². The number of aryl methyl sites for hydroxylation is 1. The second kappa shape index (κ2) is 8.72. The van der Waals surface area contributed by atoms with Crippen molar-refractivity contribution in [2.75, 3.05) is 6.54 Å². The molecule has 2 unspecified atom stereocenters. The molecule has 1 spiro atoms. The summed E-state index contributed by atoms with van der Waals surface area (Å²) in [6.45, 7) is 9.50. The van der Waals surface area contributed by atoms with Crippen molar-refractivity contribution in [2.45, 2.75) is 63.7 Å². The number of nitrogens with one attached hydrogen (secondary N) is 1. The lowest BCUT2D eigenvalue weighted by Crippen LogP contribution is -2.40. The highest BCUT2D eigenvalue weighted by atomic mass is 32.2. The van der Waals surface area contributed by atoms with Gasteiger partial charge in [0.05, 0.1) is 5.69 Å². The standard InChI is InChI=1S/C28H33F2N3S/c1-19-16-23(20(2)32-34(4)18-22-8-6-5-7-9-22)25-24(17-19)21(3)33-15-14-27(26(33)31-25)10-12-28(29,30)13-11-27/h5-9,16-17,20,32H,3-4,10-15,18H2,1-2H3. The van der Waals surface area contributed by atoms with Crippen molar-refractivity contribution in [1.82, 2.24) is 9.62 Å². The first-order valence-corrected chi connectivity index (χ1v) is 13.6. The van der Waals surface area contributed by atoms with Crippen molar-refractivity contribution >= 4 is 33.8 Å². The Morgan fingerprint density at radius 3 is 2.53 bits per heavy atom. The maximum absolute atomic E-state index is 14.0. The third kappa shape index (κ3) is 4.27. The summed E-state index contributed by atoms with van der Waals surface area (Å²) in [4.78, 5) is 7.40. The molecule has 2 heterocycles. The van der Waals surface area contributed by atoms with Crippen LogP contribution < -0.4 is 4.72 Å². The average molecular weight is 482 g/mol. The summed E-state index contributed by atoms with van der Waals surface area (Å²) in [5.74, 6) is 3.64. The van der Waals surface area contributed by atoms with Gasteiger partial charge in [0.2, 0.25) is 5.92 Å². The lowest BCUT2D eigenvalue weighted by molar-refractivity contribution is -0.0537. The third-order valence-electron chi connectivity index (χ3n) is 7.61. The molecule has 34 heavy (non-hydrogen) atoms. The fraction of sp³-hybridized carbons (Fsp3) is 0.429. The minimum Gasteiger partial charge on any atom is -0.329 e. The van der Waals surface area contributed by atoms with E-state index in [2.05, 4.69) is 72.3 Å². The number of fused-ring (bicyclic) bond motifs is 3. The van der Waals surface area contributed by atoms with E-state index in [1.807, 2.05) is 6.07 Å². The minimum atomic E-state index is -2.55. The van der Waals surface area contributed by atoms with Crippen LogP contribution in [0, 0.1) is 12.3 Å². The van der Waals surface area contributed by atoms with Gasteiger partial charge in [0, 0.05) is 47.9 Å². The first-order chi connectivity index (χ1) is 16.2. The van der Waals surface area contributed by atoms with Gasteiger partial charge in [-0.1, -0.05) is 48.8 Å². The maximum atomic E-state index is 14.0. The molecule has 0 bridgehead atoms. The van der Waals surface area contributed by atoms with Crippen molar-refractivity contribution < 1.29 is 8.78 Å². The number of halogens is 2. The van der Waals surface area contributed by atoms with E-state index in [1.54, 1.807) is 0 Å². The Hall–Kier alpha value is -2.31. The van der Waals surface area contributed by atoms with Crippen LogP contribution in [0.4, 0.5) is 14.5 Å². The van der Waals surface area contributed by atoms with E-state index in [9.17, 15) is 8.78 Å². The van der Waals surface area contributed by atoms with E-state index in [4.69, 9.17) is 4.99 Å². The molecule has 1 saturated carbocycles. The summed E-state index contributed by atoms with van der Waals surface area (Å²) >= 11 is 0. The van der Waals surface area contributed by atoms with Gasteiger partial charge in [-0.15, -0.1) is 10.7 Å². The number of rotatable bonds is 5. The van der Waals surface area contributed by atoms with Gasteiger partial charge in [0.1, 0.15) is 5.84 Å². The van der Waals surface area contributed by atoms with E-state index in [1.165, 1.54) is 11.1 Å². The van der Waals surface area contributed by atoms with Crippen LogP contribution in [-0.2, 0) is 5.75 Å². The zero-order chi connectivity index (χ0) is 24.1. The zero-order valence-electron chi connectivity index (χ0n) is 20.0. The second-order valence-electron chi connectivity index (χ2n) is 10.1. The van der Waals surface area contributed by atoms with Crippen molar-refractivity contribution in [2.24, 2.45) is 10.4 Å². The highest BCUT2D eigenvalue weighted by molar-refractivity contribution is 8.11. The van der Waals surface area contributed by atoms with Crippen LogP contribution in [0.5, 0.6) is 0 Å². The summed E-state index contributed by atoms with van der Waals surface area (Å²) < 4.78 is 31.7. The largest absolute Gasteiger partial charge is 0.329 e. The smallest absolute Gasteiger partial charge is 0.248 e. The second-order valence-corrected chi connectivity index (χ2v) is 11.6. The van der Waals surface area contributed by atoms with Crippen molar-refractivity contribution in [3.05, 3.63) is 71.3 Å². The molecule has 3 aliphatic rings. The molecule has 1 saturated heterocycles. The van der Waals surface area contributed by atoms with Crippen molar-refractivity contribution in [1.29, 1.82) is 0 Å². The summed E-state index contributed by atoms with van der Waals surface area (Å²) in [5.41, 5.74) is 6.24. The molecule has 2 fully saturated rings. The Morgan fingerprint density at radius 1 is 1.12 bits per heavy atom. The molecule has 1 N–H and O–H groups in total. The molecule has 6 heteroatoms. The van der Waals surface area contributed by atoms with Gasteiger partial charge >= 0.3 is 0 Å². The van der Waals surface area contributed by atoms with Crippen LogP contribution in [0.2, 0.25) is 0 Å². The Balaban J connectivity index is 1.46. The molecule has 0 amide bonds. The van der Waals surface area contributed by atoms with Gasteiger partial charge in [0.15, 0.2) is 0 Å². The predicted molar refractivity (Wildman–Crippen MR) is 141 cm³/mol. The summed E-state index contributed by atoms with van der Waals surface area (Å²) in [6, 6.07) is 14.8. The summed E-state index contributed by atoms with van der Waals surface area (Å²) in [6.07, 6.45) is 1.75. The Bertz CT molecular complexity index is 1160. The molecule has 1 aliphatic carbocycles. The van der Waals surface area contributed by atoms with E-state index in [-0.39, 0.29) is 35.0 Å². The normalized spacial score (nSPS) is 22.2. The lowest BCUT2D eigenvalue weighted by atomic mass is 9.71. The Kier molecular flexibility index (Phi) is 6.01. The molecule has 0 aromatic heterocycles. The van der Waals surface area contributed by atoms with Crippen LogP contribution in [0.25, 0.3) is 5.70 Å². The van der Waals surface area contributed by atoms with Gasteiger partial charge in [-0.3, -0.25) is 4.72 Å². The molecule has 2 aromatic rings. The number of nitrogens with zero attached hydrogens (tertiary/aromatic N) is 2. The number of amidine groups is 1. The van der Waals surface area contributed by atoms with Gasteiger partial charge < -0.3 is 4.90 Å². The molecule has 2 atom stereocenters. The molecular formula is C28H33F2N3S. The van der Waals surface area contributed by atoms with Crippen LogP contribution in [-0.4, -0.2) is 29.1 Å². The molecule has 5 rings (SSSR count). The number of hydrogen-bond acceptors (Lipinski definition) is 3. The highest BCUT2D eigenvalue weighted by Crippen LogP contribution is 2.54. The molecule has 0 radical (unpaired) electrons. The molecular weight excluding hydrogens is 448 g/mol. The lowest BCUT2D eigenvalue weighted by Gasteiger charge is -2.40. The SMILES string of the molecule is C=C1c2cc(C)cc(C(C)NS(=C)Cc3ccccc3)c2N=C2N1CCC21CCC(F)(F)CC1. The monoisotopic (exact) mass is 481 g/mol. The zero-order valence-corrected chi connectivity index (χ0v) is 20.9. The minimum absolute atomic E-state index is 0.0509. The topological polar surface area (TPSA) is 27.6 Å². The van der Waals surface area contributed by atoms with E-state index >= 15 is 0 Å². The molecule has 2 aromatic carbocycles. The highest BCUT2D eigenvalue weighted by Gasteiger charge is 2.52. The predicted octanol–water partition coefficient (Wildman–Crippen LogP) is 7.38. The van der Waals surface area contributed by atoms with Gasteiger partial charge in [-0.25, -0.2) is 13.8 Å². The van der Waals surface area contributed by atoms with Crippen LogP contribution in [0.1, 0.15) is 67.3 Å². The fourth-order valence-electron chi connectivity index (χ4n) is 5.70. The molecule has 3 nitrogen and oxygen atoms in total. The van der Waals surface area contributed by atoms with Gasteiger partial charge in [0.25, 0.3) is 0 Å². The Morgan fingerprint density at radius 2 is 1.82 bits per heavy atom. The third-order valence-corrected chi connectivity index (χ3v) is 8.98. The number of alkyl halides is 2. The first kappa shape index (κ1) is 23.4. The van der Waals surface area contributed by atoms with Crippen molar-refractivity contribution in [3.63, 3.8) is 0 Å². The van der Waals surface area contributed by atoms with Crippen molar-refractivity contribution in [3.8, 4) is 0 Å². The van der Waals surface area contributed by atoms with Gasteiger partial charge in [-0.05, 0) is 55.9 Å². The number of aliphatic imine (C=N–C) groups is 1. The number of hydrogen-bond donors (Lipinski definition) is 1. The van der Waals surface area contributed by atoms with E-state index in [0.717, 1.165) is 47.1 Å². The Labute approximate surface area is 204 Å². The summed E-state index contributed by atoms with van der Waals surface area (Å²) in [7, 11) is -0.257. The quantitative estimate of drug-likeness (QED) is 0.451. The van der Waals surface area contributed by atoms with Crippen LogP contribution in [0.15, 0.2) is 54.0 Å². The molecule has 180 valence electrons. The maximum Gasteiger partial charge on any atom is 0.248 e. The van der Waals surface area contributed by atoms with Crippen LogP contribution >= 0.6 is 10.7 Å². The van der Waals surface area contributed by atoms with E-state index in [0.29, 0.717) is 12.8 Å².